The number of piperazine rings is 1. The maximum Gasteiger partial charge on any atom is 0.225 e. The highest BCUT2D eigenvalue weighted by Gasteiger charge is 2.20. The summed E-state index contributed by atoms with van der Waals surface area (Å²) in [6.45, 7) is 5.17. The number of aromatic nitrogens is 4. The average Bonchev–Trinajstić information content (AvgIpc) is 2.74. The number of hydrogen-bond acceptors (Lipinski definition) is 8. The van der Waals surface area contributed by atoms with Crippen molar-refractivity contribution in [1.29, 1.82) is 5.26 Å². The first-order valence-corrected chi connectivity index (χ1v) is 9.12. The van der Waals surface area contributed by atoms with Crippen LogP contribution in [0.5, 0.6) is 0 Å². The van der Waals surface area contributed by atoms with Crippen LogP contribution in [0.1, 0.15) is 11.4 Å². The molecule has 1 aliphatic rings. The van der Waals surface area contributed by atoms with Crippen LogP contribution in [0.4, 0.5) is 23.3 Å². The summed E-state index contributed by atoms with van der Waals surface area (Å²) in [5.41, 5.74) is 1.32. The Kier molecular flexibility index (Phi) is 4.97. The molecule has 140 valence electrons. The topological polar surface area (TPSA) is 93.9 Å². The smallest absolute Gasteiger partial charge is 0.225 e. The minimum atomic E-state index is 0.580. The number of nitrogens with one attached hydrogen (secondary N) is 1. The van der Waals surface area contributed by atoms with Crippen LogP contribution in [0.25, 0.3) is 0 Å². The molecule has 4 rings (SSSR count). The second-order valence-electron chi connectivity index (χ2n) is 6.46. The summed E-state index contributed by atoms with van der Waals surface area (Å²) in [6.07, 6.45) is 3.53. The van der Waals surface area contributed by atoms with Crippen LogP contribution in [0.3, 0.4) is 0 Å². The molecule has 1 fully saturated rings. The second kappa shape index (κ2) is 7.88. The Morgan fingerprint density at radius 1 is 0.964 bits per heavy atom. The maximum absolute atomic E-state index is 9.28. The lowest BCUT2D eigenvalue weighted by atomic mass is 10.2. The average molecular weight is 372 g/mol. The first kappa shape index (κ1) is 17.7. The quantitative estimate of drug-likeness (QED) is 0.747. The van der Waals surface area contributed by atoms with E-state index in [9.17, 15) is 5.26 Å². The van der Waals surface area contributed by atoms with E-state index in [0.717, 1.165) is 43.6 Å². The predicted octanol–water partition coefficient (Wildman–Crippen LogP) is 2.52. The zero-order valence-electron chi connectivity index (χ0n) is 15.6. The highest BCUT2D eigenvalue weighted by atomic mass is 15.3. The molecule has 28 heavy (non-hydrogen) atoms. The van der Waals surface area contributed by atoms with Crippen LogP contribution in [-0.4, -0.2) is 46.1 Å². The van der Waals surface area contributed by atoms with Crippen LogP contribution in [0.2, 0.25) is 0 Å². The van der Waals surface area contributed by atoms with E-state index in [1.807, 2.05) is 37.3 Å². The monoisotopic (exact) mass is 372 g/mol. The molecule has 3 aromatic rings. The Bertz CT molecular complexity index is 991. The number of nitrogens with zero attached hydrogens (tertiary/aromatic N) is 7. The molecule has 0 aliphatic carbocycles. The predicted molar refractivity (Wildman–Crippen MR) is 108 cm³/mol. The van der Waals surface area contributed by atoms with Gasteiger partial charge in [0.25, 0.3) is 0 Å². The molecule has 3 heterocycles. The Morgan fingerprint density at radius 3 is 2.43 bits per heavy atom. The third-order valence-electron chi connectivity index (χ3n) is 4.57. The Morgan fingerprint density at radius 2 is 1.68 bits per heavy atom. The van der Waals surface area contributed by atoms with Gasteiger partial charge >= 0.3 is 0 Å². The van der Waals surface area contributed by atoms with Crippen molar-refractivity contribution in [2.24, 2.45) is 0 Å². The van der Waals surface area contributed by atoms with Gasteiger partial charge in [0.2, 0.25) is 5.95 Å². The summed E-state index contributed by atoms with van der Waals surface area (Å²) in [5.74, 6) is 3.00. The molecule has 1 aromatic carbocycles. The van der Waals surface area contributed by atoms with Crippen molar-refractivity contribution in [1.82, 2.24) is 19.9 Å². The van der Waals surface area contributed by atoms with Gasteiger partial charge in [-0.1, -0.05) is 12.1 Å². The number of nitriles is 1. The Balaban J connectivity index is 1.50. The molecule has 1 N–H and O–H groups in total. The highest BCUT2D eigenvalue weighted by Crippen LogP contribution is 2.23. The van der Waals surface area contributed by atoms with Crippen LogP contribution in [0, 0.1) is 18.3 Å². The van der Waals surface area contributed by atoms with Gasteiger partial charge in [-0.2, -0.15) is 5.26 Å². The van der Waals surface area contributed by atoms with Crippen molar-refractivity contribution < 1.29 is 0 Å². The Labute approximate surface area is 163 Å². The van der Waals surface area contributed by atoms with Crippen molar-refractivity contribution in [3.05, 3.63) is 60.2 Å². The lowest BCUT2D eigenvalue weighted by Gasteiger charge is -2.35. The normalized spacial score (nSPS) is 13.9. The lowest BCUT2D eigenvalue weighted by Crippen LogP contribution is -2.47. The van der Waals surface area contributed by atoms with Gasteiger partial charge in [0.15, 0.2) is 0 Å². The second-order valence-corrected chi connectivity index (χ2v) is 6.46. The van der Waals surface area contributed by atoms with Gasteiger partial charge < -0.3 is 15.1 Å². The molecule has 0 amide bonds. The minimum Gasteiger partial charge on any atom is -0.353 e. The van der Waals surface area contributed by atoms with Gasteiger partial charge in [-0.05, 0) is 25.1 Å². The van der Waals surface area contributed by atoms with Crippen LogP contribution in [-0.2, 0) is 0 Å². The van der Waals surface area contributed by atoms with Crippen molar-refractivity contribution >= 4 is 23.3 Å². The fourth-order valence-electron chi connectivity index (χ4n) is 3.20. The molecule has 1 saturated heterocycles. The van der Waals surface area contributed by atoms with E-state index in [4.69, 9.17) is 0 Å². The minimum absolute atomic E-state index is 0.580. The first-order chi connectivity index (χ1) is 13.7. The molecule has 1 aliphatic heterocycles. The fourth-order valence-corrected chi connectivity index (χ4v) is 3.20. The highest BCUT2D eigenvalue weighted by molar-refractivity contribution is 5.66. The van der Waals surface area contributed by atoms with Crippen molar-refractivity contribution in [2.75, 3.05) is 41.3 Å². The molecule has 0 bridgehead atoms. The summed E-state index contributed by atoms with van der Waals surface area (Å²) in [6, 6.07) is 13.3. The molecule has 2 aromatic heterocycles. The van der Waals surface area contributed by atoms with Crippen molar-refractivity contribution in [3.8, 4) is 6.07 Å². The molecule has 0 radical (unpaired) electrons. The Hall–Kier alpha value is -3.73. The van der Waals surface area contributed by atoms with E-state index in [1.165, 1.54) is 0 Å². The zero-order chi connectivity index (χ0) is 19.3. The number of hydrogen-bond donors (Lipinski definition) is 1. The van der Waals surface area contributed by atoms with Gasteiger partial charge in [-0.25, -0.2) is 19.9 Å². The number of anilines is 4. The third kappa shape index (κ3) is 3.83. The fraction of sp³-hybridized carbons (Fsp3) is 0.250. The van der Waals surface area contributed by atoms with Gasteiger partial charge in [-0.3, -0.25) is 0 Å². The largest absolute Gasteiger partial charge is 0.353 e. The van der Waals surface area contributed by atoms with Gasteiger partial charge in [0.05, 0.1) is 11.3 Å². The van der Waals surface area contributed by atoms with E-state index in [0.29, 0.717) is 17.2 Å². The van der Waals surface area contributed by atoms with Crippen LogP contribution in [0.15, 0.2) is 48.8 Å². The molecule has 0 spiro atoms. The number of para-hydroxylation sites is 1. The molecule has 8 nitrogen and oxygen atoms in total. The van der Waals surface area contributed by atoms with Crippen LogP contribution < -0.4 is 15.1 Å². The molecule has 8 heteroatoms. The van der Waals surface area contributed by atoms with E-state index >= 15 is 0 Å². The standard InChI is InChI=1S/C20H20N8/c1-15-24-18(26-17-6-3-2-5-16(17)14-21)13-19(25-15)27-9-11-28(12-10-27)20-22-7-4-8-23-20/h2-8,13H,9-12H2,1H3,(H,24,25,26). The first-order valence-electron chi connectivity index (χ1n) is 9.12. The molecular formula is C20H20N8. The van der Waals surface area contributed by atoms with E-state index in [-0.39, 0.29) is 0 Å². The van der Waals surface area contributed by atoms with Crippen LogP contribution >= 0.6 is 0 Å². The summed E-state index contributed by atoms with van der Waals surface area (Å²) < 4.78 is 0. The molecule has 0 saturated carbocycles. The molecule has 0 unspecified atom stereocenters. The number of aryl methyl sites for hydroxylation is 1. The van der Waals surface area contributed by atoms with Gasteiger partial charge in [0.1, 0.15) is 23.5 Å². The molecule has 0 atom stereocenters. The number of rotatable bonds is 4. The van der Waals surface area contributed by atoms with Crippen molar-refractivity contribution in [2.45, 2.75) is 6.92 Å². The van der Waals surface area contributed by atoms with E-state index in [2.05, 4.69) is 41.1 Å². The summed E-state index contributed by atoms with van der Waals surface area (Å²) >= 11 is 0. The third-order valence-corrected chi connectivity index (χ3v) is 4.57. The van der Waals surface area contributed by atoms with Gasteiger partial charge in [-0.15, -0.1) is 0 Å². The van der Waals surface area contributed by atoms with Crippen molar-refractivity contribution in [3.63, 3.8) is 0 Å². The lowest BCUT2D eigenvalue weighted by molar-refractivity contribution is 0.633. The van der Waals surface area contributed by atoms with Gasteiger partial charge in [0, 0.05) is 44.6 Å². The summed E-state index contributed by atoms with van der Waals surface area (Å²) in [7, 11) is 0. The SMILES string of the molecule is Cc1nc(Nc2ccccc2C#N)cc(N2CCN(c3ncccn3)CC2)n1. The summed E-state index contributed by atoms with van der Waals surface area (Å²) in [4.78, 5) is 22.1. The molecular weight excluding hydrogens is 352 g/mol. The zero-order valence-corrected chi connectivity index (χ0v) is 15.6. The summed E-state index contributed by atoms with van der Waals surface area (Å²) in [5, 5.41) is 12.5. The van der Waals surface area contributed by atoms with E-state index < -0.39 is 0 Å². The maximum atomic E-state index is 9.28. The number of benzene rings is 1. The van der Waals surface area contributed by atoms with E-state index in [1.54, 1.807) is 18.5 Å².